The van der Waals surface area contributed by atoms with Crippen molar-refractivity contribution < 1.29 is 9.59 Å². The third kappa shape index (κ3) is 5.53. The van der Waals surface area contributed by atoms with Crippen molar-refractivity contribution in [3.8, 4) is 0 Å². The number of nitrogens with one attached hydrogen (secondary N) is 1. The first kappa shape index (κ1) is 22.4. The van der Waals surface area contributed by atoms with Gasteiger partial charge in [0.15, 0.2) is 0 Å². The Morgan fingerprint density at radius 3 is 2.41 bits per heavy atom. The molecule has 170 valence electrons. The summed E-state index contributed by atoms with van der Waals surface area (Å²) in [5.41, 5.74) is 3.88. The zero-order valence-electron chi connectivity index (χ0n) is 19.3. The molecule has 2 heterocycles. The summed E-state index contributed by atoms with van der Waals surface area (Å²) in [7, 11) is 0. The van der Waals surface area contributed by atoms with Gasteiger partial charge in [-0.15, -0.1) is 0 Å². The molecule has 32 heavy (non-hydrogen) atoms. The number of benzene rings is 1. The predicted molar refractivity (Wildman–Crippen MR) is 124 cm³/mol. The molecule has 1 N–H and O–H groups in total. The molecule has 1 saturated heterocycles. The first-order valence-corrected chi connectivity index (χ1v) is 11.9. The van der Waals surface area contributed by atoms with Gasteiger partial charge in [-0.2, -0.15) is 0 Å². The number of hydrogen-bond donors (Lipinski definition) is 1. The zero-order valence-corrected chi connectivity index (χ0v) is 19.3. The minimum absolute atomic E-state index is 0.0653. The lowest BCUT2D eigenvalue weighted by molar-refractivity contribution is -0.130. The molecule has 2 aliphatic rings. The van der Waals surface area contributed by atoms with Crippen molar-refractivity contribution in [2.45, 2.75) is 77.2 Å². The number of likely N-dealkylation sites (tertiary alicyclic amines) is 1. The van der Waals surface area contributed by atoms with Crippen LogP contribution in [0.25, 0.3) is 0 Å². The molecular formula is C26H34N4O2. The van der Waals surface area contributed by atoms with E-state index in [1.54, 1.807) is 0 Å². The van der Waals surface area contributed by atoms with Gasteiger partial charge in [0.1, 0.15) is 5.82 Å². The second-order valence-electron chi connectivity index (χ2n) is 9.27. The van der Waals surface area contributed by atoms with Crippen molar-refractivity contribution in [2.24, 2.45) is 0 Å². The first-order chi connectivity index (χ1) is 15.5. The van der Waals surface area contributed by atoms with Gasteiger partial charge in [0.05, 0.1) is 6.42 Å². The quantitative estimate of drug-likeness (QED) is 0.722. The van der Waals surface area contributed by atoms with Crippen LogP contribution < -0.4 is 5.32 Å². The Bertz CT molecular complexity index is 931. The van der Waals surface area contributed by atoms with E-state index < -0.39 is 0 Å². The van der Waals surface area contributed by atoms with Crippen LogP contribution in [0.1, 0.15) is 72.8 Å². The van der Waals surface area contributed by atoms with E-state index in [0.717, 1.165) is 55.0 Å². The Morgan fingerprint density at radius 2 is 1.72 bits per heavy atom. The molecule has 1 aliphatic carbocycles. The van der Waals surface area contributed by atoms with Gasteiger partial charge in [0, 0.05) is 48.4 Å². The third-order valence-corrected chi connectivity index (χ3v) is 6.87. The summed E-state index contributed by atoms with van der Waals surface area (Å²) in [6.45, 7) is 5.36. The number of aromatic nitrogens is 2. The van der Waals surface area contributed by atoms with E-state index >= 15 is 0 Å². The van der Waals surface area contributed by atoms with E-state index in [-0.39, 0.29) is 17.7 Å². The first-order valence-electron chi connectivity index (χ1n) is 11.9. The topological polar surface area (TPSA) is 75.2 Å². The lowest BCUT2D eigenvalue weighted by Gasteiger charge is -2.18. The number of carbonyl (C=O) groups excluding carboxylic acids is 2. The van der Waals surface area contributed by atoms with Crippen LogP contribution in [0, 0.1) is 13.8 Å². The molecule has 1 saturated carbocycles. The maximum absolute atomic E-state index is 12.7. The van der Waals surface area contributed by atoms with Crippen molar-refractivity contribution in [3.63, 3.8) is 0 Å². The number of nitrogens with zero attached hydrogens (tertiary/aromatic N) is 3. The van der Waals surface area contributed by atoms with Crippen LogP contribution in [-0.4, -0.2) is 45.8 Å². The molecule has 1 aromatic carbocycles. The molecule has 2 aromatic rings. The third-order valence-electron chi connectivity index (χ3n) is 6.87. The number of rotatable bonds is 7. The smallest absolute Gasteiger partial charge is 0.224 e. The summed E-state index contributed by atoms with van der Waals surface area (Å²) in [6.07, 6.45) is 7.10. The number of carbonyl (C=O) groups is 2. The van der Waals surface area contributed by atoms with E-state index in [1.807, 2.05) is 36.9 Å². The highest BCUT2D eigenvalue weighted by atomic mass is 16.2. The summed E-state index contributed by atoms with van der Waals surface area (Å²) in [5, 5.41) is 3.15. The average Bonchev–Trinajstić information content (AvgIpc) is 3.47. The number of amides is 2. The number of aryl methyl sites for hydroxylation is 3. The minimum Gasteiger partial charge on any atom is -0.353 e. The normalized spacial score (nSPS) is 18.8. The van der Waals surface area contributed by atoms with E-state index in [1.165, 1.54) is 18.4 Å². The molecule has 1 aliphatic heterocycles. The van der Waals surface area contributed by atoms with Crippen molar-refractivity contribution >= 4 is 11.8 Å². The van der Waals surface area contributed by atoms with Crippen LogP contribution in [-0.2, 0) is 22.4 Å². The Labute approximate surface area is 190 Å². The standard InChI is InChI=1S/C26H34N4O2/c1-18-23(16-24(31)29-22-10-6-7-11-22)19(2)28-26(27-18)21-14-15-30(17-21)25(32)13-12-20-8-4-3-5-9-20/h3-5,8-9,21-22H,6-7,10-17H2,1-2H3,(H,29,31)/t21-/m1/s1. The average molecular weight is 435 g/mol. The Balaban J connectivity index is 1.33. The van der Waals surface area contributed by atoms with Gasteiger partial charge in [-0.25, -0.2) is 9.97 Å². The molecule has 2 fully saturated rings. The zero-order chi connectivity index (χ0) is 22.5. The second kappa shape index (κ2) is 10.2. The minimum atomic E-state index is 0.0653. The second-order valence-corrected chi connectivity index (χ2v) is 9.27. The van der Waals surface area contributed by atoms with E-state index in [4.69, 9.17) is 9.97 Å². The summed E-state index contributed by atoms with van der Waals surface area (Å²) >= 11 is 0. The molecule has 2 amide bonds. The highest BCUT2D eigenvalue weighted by Crippen LogP contribution is 2.27. The van der Waals surface area contributed by atoms with Gasteiger partial charge in [-0.3, -0.25) is 9.59 Å². The number of hydrogen-bond acceptors (Lipinski definition) is 4. The molecule has 6 nitrogen and oxygen atoms in total. The van der Waals surface area contributed by atoms with Gasteiger partial charge in [-0.05, 0) is 45.1 Å². The van der Waals surface area contributed by atoms with Crippen molar-refractivity contribution in [1.29, 1.82) is 0 Å². The van der Waals surface area contributed by atoms with Gasteiger partial charge in [-0.1, -0.05) is 43.2 Å². The van der Waals surface area contributed by atoms with E-state index in [9.17, 15) is 9.59 Å². The molecule has 1 aromatic heterocycles. The van der Waals surface area contributed by atoms with Crippen LogP contribution in [0.2, 0.25) is 0 Å². The maximum atomic E-state index is 12.7. The molecular weight excluding hydrogens is 400 g/mol. The molecule has 4 rings (SSSR count). The van der Waals surface area contributed by atoms with Crippen molar-refractivity contribution in [3.05, 3.63) is 58.7 Å². The van der Waals surface area contributed by atoms with Gasteiger partial charge in [0.2, 0.25) is 11.8 Å². The maximum Gasteiger partial charge on any atom is 0.224 e. The Hall–Kier alpha value is -2.76. The highest BCUT2D eigenvalue weighted by molar-refractivity contribution is 5.79. The fourth-order valence-electron chi connectivity index (χ4n) is 4.96. The summed E-state index contributed by atoms with van der Waals surface area (Å²) in [4.78, 5) is 36.6. The molecule has 1 atom stereocenters. The monoisotopic (exact) mass is 434 g/mol. The summed E-state index contributed by atoms with van der Waals surface area (Å²) < 4.78 is 0. The predicted octanol–water partition coefficient (Wildman–Crippen LogP) is 3.64. The lowest BCUT2D eigenvalue weighted by Crippen LogP contribution is -2.34. The highest BCUT2D eigenvalue weighted by Gasteiger charge is 2.30. The van der Waals surface area contributed by atoms with Crippen LogP contribution in [0.4, 0.5) is 0 Å². The summed E-state index contributed by atoms with van der Waals surface area (Å²) in [5.74, 6) is 1.23. The van der Waals surface area contributed by atoms with Crippen molar-refractivity contribution in [1.82, 2.24) is 20.2 Å². The van der Waals surface area contributed by atoms with Crippen molar-refractivity contribution in [2.75, 3.05) is 13.1 Å². The van der Waals surface area contributed by atoms with Crippen LogP contribution >= 0.6 is 0 Å². The van der Waals surface area contributed by atoms with Crippen LogP contribution in [0.15, 0.2) is 30.3 Å². The lowest BCUT2D eigenvalue weighted by atomic mass is 10.0. The van der Waals surface area contributed by atoms with Crippen LogP contribution in [0.5, 0.6) is 0 Å². The van der Waals surface area contributed by atoms with E-state index in [0.29, 0.717) is 25.4 Å². The fourth-order valence-corrected chi connectivity index (χ4v) is 4.96. The Kier molecular flexibility index (Phi) is 7.18. The van der Waals surface area contributed by atoms with Gasteiger partial charge in [0.25, 0.3) is 0 Å². The molecule has 0 radical (unpaired) electrons. The van der Waals surface area contributed by atoms with Gasteiger partial charge < -0.3 is 10.2 Å². The molecule has 0 spiro atoms. The van der Waals surface area contributed by atoms with Gasteiger partial charge >= 0.3 is 0 Å². The molecule has 6 heteroatoms. The van der Waals surface area contributed by atoms with E-state index in [2.05, 4.69) is 17.4 Å². The SMILES string of the molecule is Cc1nc([C@@H]2CCN(C(=O)CCc3ccccc3)C2)nc(C)c1CC(=O)NC1CCCC1. The van der Waals surface area contributed by atoms with Crippen LogP contribution in [0.3, 0.4) is 0 Å². The Morgan fingerprint density at radius 1 is 1.03 bits per heavy atom. The molecule has 0 unspecified atom stereocenters. The molecule has 0 bridgehead atoms. The fraction of sp³-hybridized carbons (Fsp3) is 0.538. The summed E-state index contributed by atoms with van der Waals surface area (Å²) in [6, 6.07) is 10.5. The largest absolute Gasteiger partial charge is 0.353 e.